The number of piperidine rings is 1. The van der Waals surface area contributed by atoms with E-state index in [9.17, 15) is 4.79 Å². The van der Waals surface area contributed by atoms with Crippen LogP contribution in [0, 0.1) is 11.3 Å². The van der Waals surface area contributed by atoms with E-state index in [1.54, 1.807) is 0 Å². The van der Waals surface area contributed by atoms with Crippen molar-refractivity contribution in [3.8, 4) is 0 Å². The third-order valence-electron chi connectivity index (χ3n) is 5.41. The van der Waals surface area contributed by atoms with Crippen molar-refractivity contribution < 1.29 is 9.53 Å². The second kappa shape index (κ2) is 8.28. The number of carbonyl (C=O) groups excluding carboxylic acids is 1. The van der Waals surface area contributed by atoms with Gasteiger partial charge in [0.25, 0.3) is 0 Å². The minimum absolute atomic E-state index is 0.188. The van der Waals surface area contributed by atoms with Gasteiger partial charge in [-0.1, -0.05) is 19.9 Å². The van der Waals surface area contributed by atoms with Crippen molar-refractivity contribution in [3.05, 3.63) is 30.1 Å². The molecule has 2 fully saturated rings. The predicted molar refractivity (Wildman–Crippen MR) is 98.0 cm³/mol. The minimum Gasteiger partial charge on any atom is -0.379 e. The molecule has 0 saturated carbocycles. The summed E-state index contributed by atoms with van der Waals surface area (Å²) in [5, 5.41) is 0. The first-order valence-electron chi connectivity index (χ1n) is 9.53. The summed E-state index contributed by atoms with van der Waals surface area (Å²) in [4.78, 5) is 21.1. The molecule has 0 unspecified atom stereocenters. The molecule has 25 heavy (non-hydrogen) atoms. The normalized spacial score (nSPS) is 21.5. The van der Waals surface area contributed by atoms with E-state index in [2.05, 4.69) is 34.7 Å². The highest BCUT2D eigenvalue weighted by atomic mass is 16.5. The summed E-state index contributed by atoms with van der Waals surface area (Å²) in [6.45, 7) is 10.5. The van der Waals surface area contributed by atoms with Gasteiger partial charge < -0.3 is 9.64 Å². The first kappa shape index (κ1) is 18.3. The van der Waals surface area contributed by atoms with Crippen molar-refractivity contribution in [2.24, 2.45) is 11.3 Å². The third-order valence-corrected chi connectivity index (χ3v) is 5.41. The van der Waals surface area contributed by atoms with Crippen LogP contribution in [0.3, 0.4) is 0 Å². The van der Waals surface area contributed by atoms with Crippen molar-refractivity contribution in [2.45, 2.75) is 39.7 Å². The zero-order valence-electron chi connectivity index (χ0n) is 15.6. The van der Waals surface area contributed by atoms with Crippen LogP contribution in [-0.2, 0) is 16.1 Å². The molecule has 2 aliphatic rings. The summed E-state index contributed by atoms with van der Waals surface area (Å²) >= 11 is 0. The summed E-state index contributed by atoms with van der Waals surface area (Å²) < 4.78 is 5.96. The summed E-state index contributed by atoms with van der Waals surface area (Å²) in [5.41, 5.74) is 1.44. The van der Waals surface area contributed by atoms with E-state index in [1.165, 1.54) is 5.56 Å². The molecule has 3 rings (SSSR count). The molecule has 138 valence electrons. The molecule has 3 heterocycles. The molecular formula is C20H31N3O2. The van der Waals surface area contributed by atoms with Gasteiger partial charge in [0.1, 0.15) is 0 Å². The average Bonchev–Trinajstić information content (AvgIpc) is 2.78. The fraction of sp³-hybridized carbons (Fsp3) is 0.700. The molecule has 1 amide bonds. The van der Waals surface area contributed by atoms with Crippen LogP contribution in [0.1, 0.15) is 38.7 Å². The number of ether oxygens (including phenoxy) is 1. The van der Waals surface area contributed by atoms with Crippen LogP contribution in [0.15, 0.2) is 24.5 Å². The van der Waals surface area contributed by atoms with Crippen LogP contribution in [0.2, 0.25) is 0 Å². The Labute approximate surface area is 151 Å². The van der Waals surface area contributed by atoms with Gasteiger partial charge in [0.05, 0.1) is 13.2 Å². The zero-order valence-corrected chi connectivity index (χ0v) is 15.6. The standard InChI is InChI=1S/C20H31N3O2/c1-17(2)12-19(24)23-8-5-20(6-9-23)15-22(10-11-25-16-20)14-18-4-3-7-21-13-18/h3-4,7,13,17H,5-6,8-12,14-16H2,1-2H3. The molecule has 1 aromatic heterocycles. The van der Waals surface area contributed by atoms with Gasteiger partial charge in [-0.05, 0) is 30.4 Å². The van der Waals surface area contributed by atoms with Crippen LogP contribution < -0.4 is 0 Å². The maximum Gasteiger partial charge on any atom is 0.222 e. The van der Waals surface area contributed by atoms with Crippen molar-refractivity contribution >= 4 is 5.91 Å². The molecule has 5 nitrogen and oxygen atoms in total. The Morgan fingerprint density at radius 1 is 1.32 bits per heavy atom. The third kappa shape index (κ3) is 5.02. The first-order valence-corrected chi connectivity index (χ1v) is 9.53. The number of carbonyl (C=O) groups is 1. The van der Waals surface area contributed by atoms with Crippen molar-refractivity contribution in [3.63, 3.8) is 0 Å². The lowest BCUT2D eigenvalue weighted by Gasteiger charge is -2.42. The number of hydrogen-bond donors (Lipinski definition) is 0. The summed E-state index contributed by atoms with van der Waals surface area (Å²) in [7, 11) is 0. The number of pyridine rings is 1. The topological polar surface area (TPSA) is 45.7 Å². The van der Waals surface area contributed by atoms with E-state index in [0.29, 0.717) is 18.2 Å². The lowest BCUT2D eigenvalue weighted by atomic mass is 9.78. The number of nitrogens with zero attached hydrogens (tertiary/aromatic N) is 3. The van der Waals surface area contributed by atoms with Crippen molar-refractivity contribution in [1.29, 1.82) is 0 Å². The van der Waals surface area contributed by atoms with E-state index in [-0.39, 0.29) is 5.41 Å². The van der Waals surface area contributed by atoms with Gasteiger partial charge in [0.2, 0.25) is 5.91 Å². The lowest BCUT2D eigenvalue weighted by molar-refractivity contribution is -0.135. The molecule has 0 aliphatic carbocycles. The smallest absolute Gasteiger partial charge is 0.222 e. The highest BCUT2D eigenvalue weighted by Gasteiger charge is 2.39. The summed E-state index contributed by atoms with van der Waals surface area (Å²) in [5.74, 6) is 0.742. The maximum atomic E-state index is 12.3. The SMILES string of the molecule is CC(C)CC(=O)N1CCC2(CC1)COCCN(Cc1cccnc1)C2. The Balaban J connectivity index is 1.58. The Hall–Kier alpha value is -1.46. The van der Waals surface area contributed by atoms with Crippen LogP contribution >= 0.6 is 0 Å². The molecule has 1 aromatic rings. The molecule has 0 radical (unpaired) electrons. The largest absolute Gasteiger partial charge is 0.379 e. The quantitative estimate of drug-likeness (QED) is 0.841. The molecule has 2 saturated heterocycles. The number of likely N-dealkylation sites (tertiary alicyclic amines) is 1. The molecule has 0 atom stereocenters. The maximum absolute atomic E-state index is 12.3. The monoisotopic (exact) mass is 345 g/mol. The number of hydrogen-bond acceptors (Lipinski definition) is 4. The molecular weight excluding hydrogens is 314 g/mol. The fourth-order valence-electron chi connectivity index (χ4n) is 3.98. The van der Waals surface area contributed by atoms with Gasteiger partial charge in [-0.3, -0.25) is 14.7 Å². The summed E-state index contributed by atoms with van der Waals surface area (Å²) in [6, 6.07) is 4.14. The fourth-order valence-corrected chi connectivity index (χ4v) is 3.98. The Morgan fingerprint density at radius 3 is 2.80 bits per heavy atom. The van der Waals surface area contributed by atoms with Gasteiger partial charge in [0, 0.05) is 57.0 Å². The first-order chi connectivity index (χ1) is 12.1. The van der Waals surface area contributed by atoms with Gasteiger partial charge in [-0.15, -0.1) is 0 Å². The van der Waals surface area contributed by atoms with Crippen LogP contribution in [-0.4, -0.2) is 60.1 Å². The number of aromatic nitrogens is 1. The Kier molecular flexibility index (Phi) is 6.07. The predicted octanol–water partition coefficient (Wildman–Crippen LogP) is 2.57. The highest BCUT2D eigenvalue weighted by Crippen LogP contribution is 2.35. The van der Waals surface area contributed by atoms with E-state index in [4.69, 9.17) is 4.74 Å². The van der Waals surface area contributed by atoms with Crippen LogP contribution in [0.25, 0.3) is 0 Å². The van der Waals surface area contributed by atoms with Crippen LogP contribution in [0.5, 0.6) is 0 Å². The van der Waals surface area contributed by atoms with Crippen LogP contribution in [0.4, 0.5) is 0 Å². The number of amides is 1. The van der Waals surface area contributed by atoms with E-state index >= 15 is 0 Å². The average molecular weight is 345 g/mol. The Bertz CT molecular complexity index is 553. The van der Waals surface area contributed by atoms with Gasteiger partial charge in [-0.25, -0.2) is 0 Å². The summed E-state index contributed by atoms with van der Waals surface area (Å²) in [6.07, 6.45) is 6.52. The van der Waals surface area contributed by atoms with E-state index in [1.807, 2.05) is 18.5 Å². The Morgan fingerprint density at radius 2 is 2.12 bits per heavy atom. The van der Waals surface area contributed by atoms with Gasteiger partial charge >= 0.3 is 0 Å². The van der Waals surface area contributed by atoms with Gasteiger partial charge in [0.15, 0.2) is 0 Å². The van der Waals surface area contributed by atoms with Crippen molar-refractivity contribution in [2.75, 3.05) is 39.4 Å². The van der Waals surface area contributed by atoms with Gasteiger partial charge in [-0.2, -0.15) is 0 Å². The lowest BCUT2D eigenvalue weighted by Crippen LogP contribution is -2.48. The van der Waals surface area contributed by atoms with E-state index < -0.39 is 0 Å². The van der Waals surface area contributed by atoms with E-state index in [0.717, 1.165) is 58.8 Å². The molecule has 1 spiro atoms. The molecule has 0 aromatic carbocycles. The second-order valence-electron chi connectivity index (χ2n) is 8.10. The highest BCUT2D eigenvalue weighted by molar-refractivity contribution is 5.76. The molecule has 2 aliphatic heterocycles. The minimum atomic E-state index is 0.188. The second-order valence-corrected chi connectivity index (χ2v) is 8.10. The number of rotatable bonds is 4. The zero-order chi connectivity index (χ0) is 17.7. The van der Waals surface area contributed by atoms with Crippen molar-refractivity contribution in [1.82, 2.24) is 14.8 Å². The molecule has 5 heteroatoms. The molecule has 0 N–H and O–H groups in total. The molecule has 0 bridgehead atoms.